The topological polar surface area (TPSA) is 30.9 Å². The standard InChI is InChI=1S/C19H28FNO3/c1-22-16-10-14(15(20)11-17(16)23-2)12-21-9-5-8-19(13-21)7-4-6-18(19)24-3/h10-11,18H,4-9,12-13H2,1-3H3/t18-,19-/m1/s1. The van der Waals surface area contributed by atoms with Gasteiger partial charge in [-0.1, -0.05) is 6.42 Å². The summed E-state index contributed by atoms with van der Waals surface area (Å²) in [5.41, 5.74) is 0.914. The highest BCUT2D eigenvalue weighted by atomic mass is 19.1. The summed E-state index contributed by atoms with van der Waals surface area (Å²) in [6.45, 7) is 2.59. The van der Waals surface area contributed by atoms with Crippen molar-refractivity contribution in [2.45, 2.75) is 44.8 Å². The van der Waals surface area contributed by atoms with Crippen LogP contribution in [0.3, 0.4) is 0 Å². The monoisotopic (exact) mass is 337 g/mol. The molecule has 1 aliphatic heterocycles. The molecule has 24 heavy (non-hydrogen) atoms. The van der Waals surface area contributed by atoms with Crippen LogP contribution in [-0.2, 0) is 11.3 Å². The van der Waals surface area contributed by atoms with Gasteiger partial charge in [-0.15, -0.1) is 0 Å². The minimum Gasteiger partial charge on any atom is -0.493 e. The van der Waals surface area contributed by atoms with Gasteiger partial charge in [0.25, 0.3) is 0 Å². The van der Waals surface area contributed by atoms with Crippen LogP contribution in [0.25, 0.3) is 0 Å². The molecule has 2 aliphatic rings. The molecule has 0 N–H and O–H groups in total. The van der Waals surface area contributed by atoms with E-state index in [1.54, 1.807) is 13.2 Å². The zero-order valence-corrected chi connectivity index (χ0v) is 14.9. The van der Waals surface area contributed by atoms with E-state index in [1.165, 1.54) is 32.4 Å². The molecule has 1 saturated carbocycles. The second-order valence-corrected chi connectivity index (χ2v) is 7.09. The van der Waals surface area contributed by atoms with E-state index in [1.807, 2.05) is 7.11 Å². The predicted octanol–water partition coefficient (Wildman–Crippen LogP) is 3.62. The molecule has 1 saturated heterocycles. The van der Waals surface area contributed by atoms with E-state index in [0.29, 0.717) is 29.7 Å². The number of ether oxygens (including phenoxy) is 3. The normalized spacial score (nSPS) is 27.6. The molecule has 0 radical (unpaired) electrons. The van der Waals surface area contributed by atoms with Gasteiger partial charge in [-0.2, -0.15) is 0 Å². The van der Waals surface area contributed by atoms with Crippen molar-refractivity contribution < 1.29 is 18.6 Å². The van der Waals surface area contributed by atoms with Crippen molar-refractivity contribution in [3.05, 3.63) is 23.5 Å². The first-order valence-electron chi connectivity index (χ1n) is 8.77. The lowest BCUT2D eigenvalue weighted by molar-refractivity contribution is -0.0368. The number of hydrogen-bond acceptors (Lipinski definition) is 4. The Kier molecular flexibility index (Phi) is 5.30. The number of nitrogens with zero attached hydrogens (tertiary/aromatic N) is 1. The summed E-state index contributed by atoms with van der Waals surface area (Å²) in [5.74, 6) is 0.780. The molecule has 1 heterocycles. The Hall–Kier alpha value is -1.33. The van der Waals surface area contributed by atoms with E-state index >= 15 is 0 Å². The number of benzene rings is 1. The minimum absolute atomic E-state index is 0.234. The smallest absolute Gasteiger partial charge is 0.163 e. The Balaban J connectivity index is 1.76. The zero-order valence-electron chi connectivity index (χ0n) is 14.9. The van der Waals surface area contributed by atoms with Crippen LogP contribution in [0.1, 0.15) is 37.7 Å². The van der Waals surface area contributed by atoms with E-state index in [9.17, 15) is 4.39 Å². The van der Waals surface area contributed by atoms with Crippen molar-refractivity contribution >= 4 is 0 Å². The van der Waals surface area contributed by atoms with Gasteiger partial charge in [-0.25, -0.2) is 4.39 Å². The van der Waals surface area contributed by atoms with Gasteiger partial charge >= 0.3 is 0 Å². The first-order chi connectivity index (χ1) is 11.6. The van der Waals surface area contributed by atoms with Crippen molar-refractivity contribution in [2.75, 3.05) is 34.4 Å². The molecule has 2 atom stereocenters. The summed E-state index contributed by atoms with van der Waals surface area (Å²) in [7, 11) is 4.93. The molecule has 5 heteroatoms. The van der Waals surface area contributed by atoms with Gasteiger partial charge in [0.05, 0.1) is 20.3 Å². The minimum atomic E-state index is -0.234. The van der Waals surface area contributed by atoms with Crippen LogP contribution in [0.5, 0.6) is 11.5 Å². The van der Waals surface area contributed by atoms with Gasteiger partial charge in [-0.05, 0) is 38.3 Å². The average Bonchev–Trinajstić information content (AvgIpc) is 2.98. The van der Waals surface area contributed by atoms with Gasteiger partial charge in [0.15, 0.2) is 11.5 Å². The Morgan fingerprint density at radius 2 is 1.83 bits per heavy atom. The fourth-order valence-corrected chi connectivity index (χ4v) is 4.59. The molecule has 134 valence electrons. The summed E-state index contributed by atoms with van der Waals surface area (Å²) >= 11 is 0. The van der Waals surface area contributed by atoms with Crippen molar-refractivity contribution in [1.29, 1.82) is 0 Å². The van der Waals surface area contributed by atoms with E-state index in [4.69, 9.17) is 14.2 Å². The van der Waals surface area contributed by atoms with Gasteiger partial charge < -0.3 is 14.2 Å². The number of rotatable bonds is 5. The third-order valence-electron chi connectivity index (χ3n) is 5.74. The molecule has 3 rings (SSSR count). The molecule has 0 unspecified atom stereocenters. The van der Waals surface area contributed by atoms with Crippen LogP contribution in [0, 0.1) is 11.2 Å². The maximum atomic E-state index is 14.4. The first-order valence-corrected chi connectivity index (χ1v) is 8.77. The fraction of sp³-hybridized carbons (Fsp3) is 0.684. The largest absolute Gasteiger partial charge is 0.493 e. The Morgan fingerprint density at radius 1 is 1.12 bits per heavy atom. The summed E-state index contributed by atoms with van der Waals surface area (Å²) < 4.78 is 30.7. The number of hydrogen-bond donors (Lipinski definition) is 0. The van der Waals surface area contributed by atoms with Gasteiger partial charge in [0.1, 0.15) is 5.82 Å². The number of likely N-dealkylation sites (tertiary alicyclic amines) is 1. The van der Waals surface area contributed by atoms with E-state index < -0.39 is 0 Å². The first kappa shape index (κ1) is 17.5. The molecule has 1 spiro atoms. The molecule has 0 amide bonds. The third kappa shape index (κ3) is 3.24. The highest BCUT2D eigenvalue weighted by Gasteiger charge is 2.45. The van der Waals surface area contributed by atoms with Crippen LogP contribution in [0.2, 0.25) is 0 Å². The quantitative estimate of drug-likeness (QED) is 0.821. The predicted molar refractivity (Wildman–Crippen MR) is 91.1 cm³/mol. The average molecular weight is 337 g/mol. The highest BCUT2D eigenvalue weighted by Crippen LogP contribution is 2.46. The van der Waals surface area contributed by atoms with Gasteiger partial charge in [0, 0.05) is 37.2 Å². The lowest BCUT2D eigenvalue weighted by Gasteiger charge is -2.43. The van der Waals surface area contributed by atoms with Crippen molar-refractivity contribution in [3.63, 3.8) is 0 Å². The molecule has 0 bridgehead atoms. The molecule has 1 aliphatic carbocycles. The number of halogens is 1. The van der Waals surface area contributed by atoms with Crippen molar-refractivity contribution in [1.82, 2.24) is 4.90 Å². The summed E-state index contributed by atoms with van der Waals surface area (Å²) in [6, 6.07) is 3.18. The van der Waals surface area contributed by atoms with Crippen LogP contribution in [-0.4, -0.2) is 45.4 Å². The highest BCUT2D eigenvalue weighted by molar-refractivity contribution is 5.43. The second-order valence-electron chi connectivity index (χ2n) is 7.09. The van der Waals surface area contributed by atoms with E-state index in [0.717, 1.165) is 25.9 Å². The van der Waals surface area contributed by atoms with Crippen molar-refractivity contribution in [2.24, 2.45) is 5.41 Å². The Bertz CT molecular complexity index is 580. The van der Waals surface area contributed by atoms with Crippen LogP contribution >= 0.6 is 0 Å². The SMILES string of the molecule is COc1cc(F)c(CN2CCC[C@]3(CCC[C@H]3OC)C2)cc1OC. The van der Waals surface area contributed by atoms with Gasteiger partial charge in [0.2, 0.25) is 0 Å². The summed E-state index contributed by atoms with van der Waals surface area (Å²) in [5, 5.41) is 0. The third-order valence-corrected chi connectivity index (χ3v) is 5.74. The second kappa shape index (κ2) is 7.28. The fourth-order valence-electron chi connectivity index (χ4n) is 4.59. The lowest BCUT2D eigenvalue weighted by atomic mass is 9.76. The maximum absolute atomic E-state index is 14.4. The molecular weight excluding hydrogens is 309 g/mol. The molecule has 4 nitrogen and oxygen atoms in total. The van der Waals surface area contributed by atoms with Gasteiger partial charge in [-0.3, -0.25) is 4.90 Å². The lowest BCUT2D eigenvalue weighted by Crippen LogP contribution is -2.47. The molecule has 1 aromatic rings. The number of methoxy groups -OCH3 is 3. The Morgan fingerprint density at radius 3 is 2.54 bits per heavy atom. The summed E-state index contributed by atoms with van der Waals surface area (Å²) in [6.07, 6.45) is 6.31. The van der Waals surface area contributed by atoms with Crippen molar-refractivity contribution in [3.8, 4) is 11.5 Å². The zero-order chi connectivity index (χ0) is 17.2. The molecular formula is C19H28FNO3. The molecule has 0 aromatic heterocycles. The maximum Gasteiger partial charge on any atom is 0.163 e. The van der Waals surface area contributed by atoms with Crippen LogP contribution < -0.4 is 9.47 Å². The van der Waals surface area contributed by atoms with E-state index in [-0.39, 0.29) is 11.2 Å². The Labute approximate surface area is 143 Å². The molecule has 2 fully saturated rings. The summed E-state index contributed by atoms with van der Waals surface area (Å²) in [4.78, 5) is 2.37. The molecule has 1 aromatic carbocycles. The van der Waals surface area contributed by atoms with Crippen LogP contribution in [0.15, 0.2) is 12.1 Å². The van der Waals surface area contributed by atoms with E-state index in [2.05, 4.69) is 4.90 Å². The number of piperidine rings is 1. The van der Waals surface area contributed by atoms with Crippen LogP contribution in [0.4, 0.5) is 4.39 Å².